The molecule has 0 atom stereocenters. The van der Waals surface area contributed by atoms with Gasteiger partial charge in [-0.05, 0) is 0 Å². The summed E-state index contributed by atoms with van der Waals surface area (Å²) in [7, 11) is 4.80. The molecule has 11 heavy (non-hydrogen) atoms. The van der Waals surface area contributed by atoms with Crippen molar-refractivity contribution in [1.82, 2.24) is 4.90 Å². The van der Waals surface area contributed by atoms with Crippen molar-refractivity contribution in [2.45, 2.75) is 13.8 Å². The van der Waals surface area contributed by atoms with Crippen molar-refractivity contribution in [2.75, 3.05) is 21.2 Å². The summed E-state index contributed by atoms with van der Waals surface area (Å²) in [6.45, 7) is 2.89. The second-order valence-electron chi connectivity index (χ2n) is 2.11. The van der Waals surface area contributed by atoms with Crippen LogP contribution >= 0.6 is 0 Å². The molecule has 0 saturated heterocycles. The van der Waals surface area contributed by atoms with Crippen LogP contribution in [0, 0.1) is 0 Å². The molecule has 0 spiro atoms. The van der Waals surface area contributed by atoms with E-state index in [2.05, 4.69) is 4.74 Å². The minimum Gasteiger partial charge on any atom is -0.469 e. The molecular formula is C7H15NO3. The molecule has 0 aliphatic heterocycles. The maximum atomic E-state index is 10.1. The molecule has 0 fully saturated rings. The highest BCUT2D eigenvalue weighted by Crippen LogP contribution is 1.69. The van der Waals surface area contributed by atoms with Crippen LogP contribution in [0.1, 0.15) is 13.8 Å². The smallest absolute Gasteiger partial charge is 0.302 e. The van der Waals surface area contributed by atoms with E-state index in [4.69, 9.17) is 0 Å². The normalized spacial score (nSPS) is 7.36. The number of carbonyl (C=O) groups excluding carboxylic acids is 2. The van der Waals surface area contributed by atoms with Gasteiger partial charge in [0.2, 0.25) is 5.91 Å². The highest BCUT2D eigenvalue weighted by atomic mass is 16.5. The van der Waals surface area contributed by atoms with Crippen LogP contribution < -0.4 is 0 Å². The molecule has 0 saturated carbocycles. The Bertz CT molecular complexity index is 132. The predicted octanol–water partition coefficient (Wildman–Crippen LogP) is 0.274. The summed E-state index contributed by atoms with van der Waals surface area (Å²) in [6, 6.07) is 0. The Morgan fingerprint density at radius 2 is 1.36 bits per heavy atom. The van der Waals surface area contributed by atoms with Gasteiger partial charge in [0.05, 0.1) is 7.11 Å². The fourth-order valence-corrected chi connectivity index (χ4v) is 0. The van der Waals surface area contributed by atoms with Crippen molar-refractivity contribution < 1.29 is 14.3 Å². The molecule has 4 nitrogen and oxygen atoms in total. The summed E-state index contributed by atoms with van der Waals surface area (Å²) in [5.41, 5.74) is 0. The minimum absolute atomic E-state index is 0.0926. The number of amides is 1. The number of methoxy groups -OCH3 is 1. The van der Waals surface area contributed by atoms with Crippen LogP contribution in [0.15, 0.2) is 0 Å². The average molecular weight is 161 g/mol. The van der Waals surface area contributed by atoms with Gasteiger partial charge in [0.15, 0.2) is 0 Å². The molecule has 0 N–H and O–H groups in total. The highest BCUT2D eigenvalue weighted by molar-refractivity contribution is 5.72. The molecule has 0 aromatic heterocycles. The second kappa shape index (κ2) is 7.05. The molecular weight excluding hydrogens is 146 g/mol. The fourth-order valence-electron chi connectivity index (χ4n) is 0. The zero-order valence-electron chi connectivity index (χ0n) is 7.67. The van der Waals surface area contributed by atoms with Crippen LogP contribution in [-0.2, 0) is 14.3 Å². The summed E-state index contributed by atoms with van der Waals surface area (Å²) >= 11 is 0. The van der Waals surface area contributed by atoms with Crippen molar-refractivity contribution in [2.24, 2.45) is 0 Å². The maximum Gasteiger partial charge on any atom is 0.302 e. The van der Waals surface area contributed by atoms with E-state index in [1.165, 1.54) is 25.9 Å². The lowest BCUT2D eigenvalue weighted by molar-refractivity contribution is -0.138. The Hall–Kier alpha value is -1.06. The zero-order chi connectivity index (χ0) is 9.44. The van der Waals surface area contributed by atoms with Crippen molar-refractivity contribution in [1.29, 1.82) is 0 Å². The summed E-state index contributed by atoms with van der Waals surface area (Å²) in [6.07, 6.45) is 0. The summed E-state index contributed by atoms with van der Waals surface area (Å²) < 4.78 is 4.11. The SMILES string of the molecule is CC(=O)N(C)C.COC(C)=O. The Kier molecular flexibility index (Phi) is 8.08. The molecule has 0 unspecified atom stereocenters. The van der Waals surface area contributed by atoms with Gasteiger partial charge in [-0.3, -0.25) is 9.59 Å². The van der Waals surface area contributed by atoms with Crippen molar-refractivity contribution in [3.63, 3.8) is 0 Å². The van der Waals surface area contributed by atoms with E-state index in [-0.39, 0.29) is 11.9 Å². The summed E-state index contributed by atoms with van der Waals surface area (Å²) in [5, 5.41) is 0. The predicted molar refractivity (Wildman–Crippen MR) is 42.1 cm³/mol. The van der Waals surface area contributed by atoms with Crippen LogP contribution in [0.5, 0.6) is 0 Å². The Morgan fingerprint density at radius 1 is 1.18 bits per heavy atom. The molecule has 0 heterocycles. The van der Waals surface area contributed by atoms with Gasteiger partial charge in [0, 0.05) is 27.9 Å². The molecule has 0 aromatic carbocycles. The zero-order valence-corrected chi connectivity index (χ0v) is 7.67. The minimum atomic E-state index is -0.245. The standard InChI is InChI=1S/C4H9NO.C3H6O2/c1-4(6)5(2)3;1-3(4)5-2/h1-3H3;1-2H3. The Balaban J connectivity index is 0. The van der Waals surface area contributed by atoms with Gasteiger partial charge in [-0.1, -0.05) is 0 Å². The van der Waals surface area contributed by atoms with E-state index in [9.17, 15) is 9.59 Å². The molecule has 0 radical (unpaired) electrons. The molecule has 66 valence electrons. The molecule has 0 aromatic rings. The number of hydrogen-bond acceptors (Lipinski definition) is 3. The van der Waals surface area contributed by atoms with Crippen LogP contribution in [0.25, 0.3) is 0 Å². The van der Waals surface area contributed by atoms with E-state index in [1.807, 2.05) is 0 Å². The third kappa shape index (κ3) is 17.6. The molecule has 0 rings (SSSR count). The first-order valence-electron chi connectivity index (χ1n) is 3.14. The average Bonchev–Trinajstić information content (AvgIpc) is 1.89. The largest absolute Gasteiger partial charge is 0.469 e. The van der Waals surface area contributed by atoms with Crippen molar-refractivity contribution in [3.8, 4) is 0 Å². The quantitative estimate of drug-likeness (QED) is 0.479. The van der Waals surface area contributed by atoms with Gasteiger partial charge in [0.25, 0.3) is 0 Å². The Morgan fingerprint density at radius 3 is 1.36 bits per heavy atom. The van der Waals surface area contributed by atoms with E-state index < -0.39 is 0 Å². The van der Waals surface area contributed by atoms with Gasteiger partial charge in [-0.15, -0.1) is 0 Å². The lowest BCUT2D eigenvalue weighted by Gasteiger charge is -2.02. The van der Waals surface area contributed by atoms with Crippen LogP contribution in [-0.4, -0.2) is 38.0 Å². The number of rotatable bonds is 0. The molecule has 0 bridgehead atoms. The highest BCUT2D eigenvalue weighted by Gasteiger charge is 1.87. The topological polar surface area (TPSA) is 46.6 Å². The lowest BCUT2D eigenvalue weighted by Crippen LogP contribution is -2.17. The first kappa shape index (κ1) is 12.6. The second-order valence-corrected chi connectivity index (χ2v) is 2.11. The summed E-state index contributed by atoms with van der Waals surface area (Å²) in [4.78, 5) is 21.2. The number of esters is 1. The maximum absolute atomic E-state index is 10.1. The van der Waals surface area contributed by atoms with Gasteiger partial charge in [-0.2, -0.15) is 0 Å². The van der Waals surface area contributed by atoms with Gasteiger partial charge in [-0.25, -0.2) is 0 Å². The first-order valence-corrected chi connectivity index (χ1v) is 3.14. The number of nitrogens with zero attached hydrogens (tertiary/aromatic N) is 1. The fraction of sp³-hybridized carbons (Fsp3) is 0.714. The van der Waals surface area contributed by atoms with Crippen molar-refractivity contribution in [3.05, 3.63) is 0 Å². The number of ether oxygens (including phenoxy) is 1. The van der Waals surface area contributed by atoms with Crippen LogP contribution in [0.2, 0.25) is 0 Å². The van der Waals surface area contributed by atoms with Gasteiger partial charge in [0.1, 0.15) is 0 Å². The first-order chi connectivity index (χ1) is 4.91. The van der Waals surface area contributed by atoms with Gasteiger partial charge < -0.3 is 9.64 Å². The number of carbonyl (C=O) groups is 2. The van der Waals surface area contributed by atoms with E-state index in [0.717, 1.165) is 0 Å². The third-order valence-corrected chi connectivity index (χ3v) is 0.917. The van der Waals surface area contributed by atoms with E-state index in [0.29, 0.717) is 0 Å². The lowest BCUT2D eigenvalue weighted by atomic mass is 10.7. The third-order valence-electron chi connectivity index (χ3n) is 0.917. The van der Waals surface area contributed by atoms with E-state index in [1.54, 1.807) is 14.1 Å². The molecule has 1 amide bonds. The molecule has 4 heteroatoms. The molecule has 0 aliphatic carbocycles. The van der Waals surface area contributed by atoms with Crippen molar-refractivity contribution >= 4 is 11.9 Å². The van der Waals surface area contributed by atoms with Crippen LogP contribution in [0.4, 0.5) is 0 Å². The Labute approximate surface area is 67.1 Å². The van der Waals surface area contributed by atoms with E-state index >= 15 is 0 Å². The monoisotopic (exact) mass is 161 g/mol. The van der Waals surface area contributed by atoms with Crippen LogP contribution in [0.3, 0.4) is 0 Å². The van der Waals surface area contributed by atoms with Gasteiger partial charge >= 0.3 is 5.97 Å². The molecule has 0 aliphatic rings. The number of hydrogen-bond donors (Lipinski definition) is 0. The summed E-state index contributed by atoms with van der Waals surface area (Å²) in [5.74, 6) is -0.153.